The molecule has 1 heteroatoms. The van der Waals surface area contributed by atoms with Crippen molar-refractivity contribution in [2.75, 3.05) is 0 Å². The van der Waals surface area contributed by atoms with Crippen LogP contribution in [0.3, 0.4) is 0 Å². The lowest BCUT2D eigenvalue weighted by molar-refractivity contribution is 1.22. The van der Waals surface area contributed by atoms with Crippen LogP contribution in [0.5, 0.6) is 0 Å². The number of rotatable bonds is 0. The van der Waals surface area contributed by atoms with Gasteiger partial charge in [-0.1, -0.05) is 26.2 Å². The van der Waals surface area contributed by atoms with E-state index in [1.807, 2.05) is 13.0 Å². The molecule has 7 heavy (non-hydrogen) atoms. The molecule has 1 fully saturated rings. The van der Waals surface area contributed by atoms with Crippen LogP contribution >= 0.6 is 0 Å². The minimum Gasteiger partial charge on any atom is -0.198 e. The van der Waals surface area contributed by atoms with Crippen LogP contribution in [0, 0.1) is 11.3 Å². The van der Waals surface area contributed by atoms with Gasteiger partial charge >= 0.3 is 0 Å². The van der Waals surface area contributed by atoms with Crippen molar-refractivity contribution in [3.05, 3.63) is 0 Å². The van der Waals surface area contributed by atoms with Crippen LogP contribution in [0.2, 0.25) is 0 Å². The predicted octanol–water partition coefficient (Wildman–Crippen LogP) is 2.09. The summed E-state index contributed by atoms with van der Waals surface area (Å²) in [6, 6.07) is 1.93. The van der Waals surface area contributed by atoms with Crippen molar-refractivity contribution in [3.63, 3.8) is 0 Å². The van der Waals surface area contributed by atoms with Gasteiger partial charge in [0.25, 0.3) is 0 Å². The van der Waals surface area contributed by atoms with E-state index in [0.717, 1.165) is 0 Å². The molecule has 1 saturated carbocycles. The van der Waals surface area contributed by atoms with Gasteiger partial charge in [-0.2, -0.15) is 5.26 Å². The van der Waals surface area contributed by atoms with Gasteiger partial charge in [0.15, 0.2) is 0 Å². The molecule has 0 saturated heterocycles. The van der Waals surface area contributed by atoms with E-state index in [2.05, 4.69) is 0 Å². The van der Waals surface area contributed by atoms with Gasteiger partial charge in [-0.25, -0.2) is 0 Å². The van der Waals surface area contributed by atoms with Crippen molar-refractivity contribution in [2.24, 2.45) is 0 Å². The van der Waals surface area contributed by atoms with Crippen molar-refractivity contribution in [1.29, 1.82) is 5.26 Å². The van der Waals surface area contributed by atoms with Crippen LogP contribution in [-0.4, -0.2) is 0 Å². The monoisotopic (exact) mass is 97.1 g/mol. The summed E-state index contributed by atoms with van der Waals surface area (Å²) in [7, 11) is 0. The molecule has 40 valence electrons. The zero-order valence-corrected chi connectivity index (χ0v) is 4.78. The maximum atomic E-state index is 7.62. The summed E-state index contributed by atoms with van der Waals surface area (Å²) >= 11 is 0. The highest BCUT2D eigenvalue weighted by molar-refractivity contribution is 4.61. The normalized spacial score (nSPS) is 13.1. The third-order valence-electron chi connectivity index (χ3n) is 0.512. The SMILES string of the molecule is C1CC1.CCC#N. The molecule has 0 spiro atoms. The molecule has 0 aromatic carbocycles. The zero-order valence-electron chi connectivity index (χ0n) is 4.78. The van der Waals surface area contributed by atoms with Gasteiger partial charge in [0.05, 0.1) is 6.07 Å². The van der Waals surface area contributed by atoms with Crippen molar-refractivity contribution in [1.82, 2.24) is 0 Å². The first-order chi connectivity index (χ1) is 3.41. The highest BCUT2D eigenvalue weighted by Gasteiger charge is 1.95. The summed E-state index contributed by atoms with van der Waals surface area (Å²) in [5.74, 6) is 0. The zero-order chi connectivity index (χ0) is 5.54. The van der Waals surface area contributed by atoms with E-state index in [1.165, 1.54) is 19.3 Å². The number of nitriles is 1. The smallest absolute Gasteiger partial charge is 0.0618 e. The van der Waals surface area contributed by atoms with Gasteiger partial charge in [-0.15, -0.1) is 0 Å². The maximum absolute atomic E-state index is 7.62. The average molecular weight is 97.2 g/mol. The largest absolute Gasteiger partial charge is 0.198 e. The molecule has 0 radical (unpaired) electrons. The van der Waals surface area contributed by atoms with Gasteiger partial charge in [0, 0.05) is 6.42 Å². The Bertz CT molecular complexity index is 56.3. The fraction of sp³-hybridized carbons (Fsp3) is 0.833. The Labute approximate surface area is 45.0 Å². The Balaban J connectivity index is 0.000000105. The molecule has 0 unspecified atom stereocenters. The second-order valence-electron chi connectivity index (χ2n) is 1.57. The first kappa shape index (κ1) is 6.49. The van der Waals surface area contributed by atoms with Crippen LogP contribution < -0.4 is 0 Å². The molecule has 0 amide bonds. The number of nitrogens with zero attached hydrogens (tertiary/aromatic N) is 1. The van der Waals surface area contributed by atoms with Crippen LogP contribution in [0.1, 0.15) is 32.6 Å². The lowest BCUT2D eigenvalue weighted by Crippen LogP contribution is -1.38. The topological polar surface area (TPSA) is 23.8 Å². The van der Waals surface area contributed by atoms with Crippen LogP contribution in [0.4, 0.5) is 0 Å². The molecule has 0 aliphatic heterocycles. The van der Waals surface area contributed by atoms with Crippen molar-refractivity contribution < 1.29 is 0 Å². The third-order valence-corrected chi connectivity index (χ3v) is 0.512. The molecular formula is C6H11N. The van der Waals surface area contributed by atoms with E-state index in [4.69, 9.17) is 5.26 Å². The second kappa shape index (κ2) is 5.49. The molecule has 0 bridgehead atoms. The summed E-state index contributed by atoms with van der Waals surface area (Å²) in [5, 5.41) is 7.62. The van der Waals surface area contributed by atoms with Gasteiger partial charge in [0.2, 0.25) is 0 Å². The van der Waals surface area contributed by atoms with E-state index in [1.54, 1.807) is 0 Å². The Hall–Kier alpha value is -0.510. The Morgan fingerprint density at radius 3 is 1.71 bits per heavy atom. The average Bonchev–Trinajstić information content (AvgIpc) is 2.47. The molecule has 0 aromatic heterocycles. The van der Waals surface area contributed by atoms with Gasteiger partial charge < -0.3 is 0 Å². The van der Waals surface area contributed by atoms with E-state index in [0.29, 0.717) is 6.42 Å². The van der Waals surface area contributed by atoms with Gasteiger partial charge in [-0.05, 0) is 0 Å². The minimum absolute atomic E-state index is 0.625. The van der Waals surface area contributed by atoms with Crippen LogP contribution in [-0.2, 0) is 0 Å². The Morgan fingerprint density at radius 2 is 1.71 bits per heavy atom. The standard InChI is InChI=1S/C3H5N.C3H6/c1-2-3-4;1-2-3-1/h2H2,1H3;1-3H2. The lowest BCUT2D eigenvalue weighted by Gasteiger charge is -1.47. The van der Waals surface area contributed by atoms with Crippen LogP contribution in [0.25, 0.3) is 0 Å². The fourth-order valence-corrected chi connectivity index (χ4v) is 0. The number of hydrogen-bond acceptors (Lipinski definition) is 1. The second-order valence-corrected chi connectivity index (χ2v) is 1.57. The van der Waals surface area contributed by atoms with E-state index in [9.17, 15) is 0 Å². The van der Waals surface area contributed by atoms with Gasteiger partial charge in [-0.3, -0.25) is 0 Å². The first-order valence-electron chi connectivity index (χ1n) is 2.78. The lowest BCUT2D eigenvalue weighted by atomic mass is 10.6. The Kier molecular flexibility index (Phi) is 5.09. The molecule has 1 rings (SSSR count). The summed E-state index contributed by atoms with van der Waals surface area (Å²) in [6.07, 6.45) is 5.12. The van der Waals surface area contributed by atoms with E-state index >= 15 is 0 Å². The molecule has 1 aliphatic rings. The third kappa shape index (κ3) is 30.1. The summed E-state index contributed by atoms with van der Waals surface area (Å²) in [6.45, 7) is 1.82. The molecule has 1 nitrogen and oxygen atoms in total. The Morgan fingerprint density at radius 1 is 1.43 bits per heavy atom. The van der Waals surface area contributed by atoms with Crippen molar-refractivity contribution >= 4 is 0 Å². The van der Waals surface area contributed by atoms with Gasteiger partial charge in [0.1, 0.15) is 0 Å². The summed E-state index contributed by atoms with van der Waals surface area (Å²) in [5.41, 5.74) is 0. The van der Waals surface area contributed by atoms with Crippen LogP contribution in [0.15, 0.2) is 0 Å². The quantitative estimate of drug-likeness (QED) is 0.454. The summed E-state index contributed by atoms with van der Waals surface area (Å²) in [4.78, 5) is 0. The molecular weight excluding hydrogens is 86.1 g/mol. The maximum Gasteiger partial charge on any atom is 0.0618 e. The molecule has 1 aliphatic carbocycles. The summed E-state index contributed by atoms with van der Waals surface area (Å²) < 4.78 is 0. The molecule has 0 heterocycles. The predicted molar refractivity (Wildman–Crippen MR) is 29.8 cm³/mol. The highest BCUT2D eigenvalue weighted by atomic mass is 14.2. The molecule has 0 N–H and O–H groups in total. The van der Waals surface area contributed by atoms with E-state index in [-0.39, 0.29) is 0 Å². The number of hydrogen-bond donors (Lipinski definition) is 0. The minimum atomic E-state index is 0.625. The first-order valence-corrected chi connectivity index (χ1v) is 2.78. The van der Waals surface area contributed by atoms with Crippen molar-refractivity contribution in [2.45, 2.75) is 32.6 Å². The molecule has 0 aromatic rings. The van der Waals surface area contributed by atoms with Crippen molar-refractivity contribution in [3.8, 4) is 6.07 Å². The molecule has 0 atom stereocenters. The van der Waals surface area contributed by atoms with E-state index < -0.39 is 0 Å². The highest BCUT2D eigenvalue weighted by Crippen LogP contribution is 2.14. The fourth-order valence-electron chi connectivity index (χ4n) is 0.